The van der Waals surface area contributed by atoms with Crippen LogP contribution in [-0.4, -0.2) is 25.1 Å². The van der Waals surface area contributed by atoms with Crippen molar-refractivity contribution in [3.8, 4) is 0 Å². The molecule has 0 atom stereocenters. The van der Waals surface area contributed by atoms with Crippen LogP contribution in [0, 0.1) is 0 Å². The van der Waals surface area contributed by atoms with Crippen LogP contribution in [-0.2, 0) is 23.6 Å². The normalized spacial score (nSPS) is 9.96. The Morgan fingerprint density at radius 1 is 0.654 bits per heavy atom. The summed E-state index contributed by atoms with van der Waals surface area (Å²) in [6.07, 6.45) is 14.2. The van der Waals surface area contributed by atoms with Crippen LogP contribution in [0.4, 0.5) is 0 Å². The molecule has 0 N–H and O–H groups in total. The van der Waals surface area contributed by atoms with E-state index in [0.717, 1.165) is 11.0 Å². The van der Waals surface area contributed by atoms with Gasteiger partial charge in [0.2, 0.25) is 0 Å². The predicted octanol–water partition coefficient (Wildman–Crippen LogP) is -2.81. The third-order valence-corrected chi connectivity index (χ3v) is 4.57. The van der Waals surface area contributed by atoms with Gasteiger partial charge in [-0.15, -0.1) is 0 Å². The fourth-order valence-corrected chi connectivity index (χ4v) is 3.18. The minimum Gasteiger partial charge on any atom is -1.00 e. The Labute approximate surface area is 192 Å². The Balaban J connectivity index is -0.000000605. The first-order valence-electron chi connectivity index (χ1n) is 9.50. The third kappa shape index (κ3) is 19.3. The van der Waals surface area contributed by atoms with Crippen molar-refractivity contribution in [1.29, 1.82) is 0 Å². The molecule has 1 aromatic rings. The molecule has 0 aliphatic heterocycles. The zero-order valence-corrected chi connectivity index (χ0v) is 20.0. The first-order valence-corrected chi connectivity index (χ1v) is 9.50. The number of benzene rings is 1. The second-order valence-corrected chi connectivity index (χ2v) is 7.49. The Hall–Kier alpha value is 0.569. The van der Waals surface area contributed by atoms with E-state index in [1.54, 1.807) is 0 Å². The minimum atomic E-state index is 0. The van der Waals surface area contributed by atoms with Gasteiger partial charge in [-0.3, -0.25) is 0 Å². The van der Waals surface area contributed by atoms with Crippen LogP contribution in [0.2, 0.25) is 0 Å². The quantitative estimate of drug-likeness (QED) is 0.165. The first-order chi connectivity index (χ1) is 10.6. The summed E-state index contributed by atoms with van der Waals surface area (Å²) in [5, 5.41) is 0. The van der Waals surface area contributed by atoms with Gasteiger partial charge in [-0.25, -0.2) is 0 Å². The van der Waals surface area contributed by atoms with Crippen molar-refractivity contribution in [2.75, 3.05) is 20.6 Å². The summed E-state index contributed by atoms with van der Waals surface area (Å²) in [7, 11) is 4.72. The second-order valence-electron chi connectivity index (χ2n) is 7.49. The number of halogens is 3. The van der Waals surface area contributed by atoms with E-state index < -0.39 is 0 Å². The van der Waals surface area contributed by atoms with E-state index in [0.29, 0.717) is 0 Å². The van der Waals surface area contributed by atoms with Crippen LogP contribution >= 0.6 is 0 Å². The second kappa shape index (κ2) is 21.9. The molecule has 0 fully saturated rings. The van der Waals surface area contributed by atoms with Gasteiger partial charge in [0, 0.05) is 5.56 Å². The van der Waals surface area contributed by atoms with Gasteiger partial charge >= 0.3 is 17.1 Å². The smallest absolute Gasteiger partial charge is 1.00 e. The average molecular weight is 474 g/mol. The SMILES string of the molecule is CCCCCCCCCCCC[N+](C)(C)Cc1ccccc1.[Cl-].[Cl-].[Cl-].[Cu+2]. The van der Waals surface area contributed by atoms with E-state index in [4.69, 9.17) is 0 Å². The minimum absolute atomic E-state index is 0. The molecule has 1 radical (unpaired) electrons. The average Bonchev–Trinajstić information content (AvgIpc) is 2.49. The molecule has 0 aliphatic carbocycles. The molecule has 1 aromatic carbocycles. The first kappa shape index (κ1) is 34.1. The van der Waals surface area contributed by atoms with Crippen molar-refractivity contribution in [3.05, 3.63) is 35.9 Å². The zero-order valence-electron chi connectivity index (χ0n) is 16.8. The van der Waals surface area contributed by atoms with Crippen LogP contribution in [0.3, 0.4) is 0 Å². The summed E-state index contributed by atoms with van der Waals surface area (Å²) in [6, 6.07) is 10.9. The summed E-state index contributed by atoms with van der Waals surface area (Å²) >= 11 is 0. The van der Waals surface area contributed by atoms with E-state index in [9.17, 15) is 0 Å². The van der Waals surface area contributed by atoms with Gasteiger partial charge in [0.05, 0.1) is 20.6 Å². The molecule has 0 aromatic heterocycles. The third-order valence-electron chi connectivity index (χ3n) is 4.57. The molecule has 0 amide bonds. The van der Waals surface area contributed by atoms with E-state index in [-0.39, 0.29) is 54.3 Å². The van der Waals surface area contributed by atoms with Gasteiger partial charge in [0.1, 0.15) is 6.54 Å². The van der Waals surface area contributed by atoms with Crippen molar-refractivity contribution < 1.29 is 58.8 Å². The summed E-state index contributed by atoms with van der Waals surface area (Å²) in [5.41, 5.74) is 1.46. The number of unbranched alkanes of at least 4 members (excludes halogenated alkanes) is 9. The Bertz CT molecular complexity index is 375. The summed E-state index contributed by atoms with van der Waals surface area (Å²) in [6.45, 7) is 4.74. The van der Waals surface area contributed by atoms with Crippen LogP contribution in [0.5, 0.6) is 0 Å². The fraction of sp³-hybridized carbons (Fsp3) is 0.714. The van der Waals surface area contributed by atoms with E-state index in [2.05, 4.69) is 51.4 Å². The van der Waals surface area contributed by atoms with Crippen LogP contribution in [0.15, 0.2) is 30.3 Å². The van der Waals surface area contributed by atoms with E-state index >= 15 is 0 Å². The zero-order chi connectivity index (χ0) is 16.1. The van der Waals surface area contributed by atoms with Gasteiger partial charge in [0.25, 0.3) is 0 Å². The monoisotopic (exact) mass is 472 g/mol. The van der Waals surface area contributed by atoms with E-state index in [1.807, 2.05) is 0 Å². The maximum absolute atomic E-state index is 2.36. The van der Waals surface area contributed by atoms with Crippen LogP contribution < -0.4 is 37.2 Å². The predicted molar refractivity (Wildman–Crippen MR) is 99.0 cm³/mol. The van der Waals surface area contributed by atoms with E-state index in [1.165, 1.54) is 76.3 Å². The maximum Gasteiger partial charge on any atom is 2.00 e. The molecule has 0 bridgehead atoms. The molecule has 1 rings (SSSR count). The van der Waals surface area contributed by atoms with Crippen molar-refractivity contribution in [3.63, 3.8) is 0 Å². The summed E-state index contributed by atoms with van der Waals surface area (Å²) < 4.78 is 1.11. The molecule has 1 nitrogen and oxygen atoms in total. The molecular formula is C21H38Cl3CuN. The molecular weight excluding hydrogens is 436 g/mol. The molecule has 0 saturated heterocycles. The topological polar surface area (TPSA) is 0 Å². The standard InChI is InChI=1S/C21H38N.3ClH.Cu/c1-4-5-6-7-8-9-10-11-12-16-19-22(2,3)20-21-17-14-13-15-18-21;;;;/h13-15,17-18H,4-12,16,19-20H2,1-3H3;3*1H;/q+1;;;;+2/p-3. The molecule has 26 heavy (non-hydrogen) atoms. The summed E-state index contributed by atoms with van der Waals surface area (Å²) in [5.74, 6) is 0. The Morgan fingerprint density at radius 2 is 1.08 bits per heavy atom. The molecule has 0 aliphatic rings. The van der Waals surface area contributed by atoms with Crippen molar-refractivity contribution >= 4 is 0 Å². The maximum atomic E-state index is 2.36. The van der Waals surface area contributed by atoms with Gasteiger partial charge in [-0.05, 0) is 12.8 Å². The molecule has 5 heteroatoms. The number of rotatable bonds is 13. The Kier molecular flexibility index (Phi) is 28.7. The van der Waals surface area contributed by atoms with Gasteiger partial charge in [-0.2, -0.15) is 0 Å². The number of hydrogen-bond donors (Lipinski definition) is 0. The largest absolute Gasteiger partial charge is 2.00 e. The summed E-state index contributed by atoms with van der Waals surface area (Å²) in [4.78, 5) is 0. The van der Waals surface area contributed by atoms with Crippen LogP contribution in [0.25, 0.3) is 0 Å². The fourth-order valence-electron chi connectivity index (χ4n) is 3.18. The van der Waals surface area contributed by atoms with Crippen molar-refractivity contribution in [2.24, 2.45) is 0 Å². The molecule has 0 spiro atoms. The van der Waals surface area contributed by atoms with Crippen molar-refractivity contribution in [1.82, 2.24) is 0 Å². The Morgan fingerprint density at radius 3 is 1.54 bits per heavy atom. The number of nitrogens with zero attached hydrogens (tertiary/aromatic N) is 1. The number of quaternary nitrogens is 1. The van der Waals surface area contributed by atoms with Gasteiger partial charge in [0.15, 0.2) is 0 Å². The molecule has 0 heterocycles. The molecule has 0 saturated carbocycles. The molecule has 159 valence electrons. The van der Waals surface area contributed by atoms with Crippen molar-refractivity contribution in [2.45, 2.75) is 77.7 Å². The van der Waals surface area contributed by atoms with Gasteiger partial charge < -0.3 is 41.7 Å². The molecule has 0 unspecified atom stereocenters. The van der Waals surface area contributed by atoms with Crippen LogP contribution in [0.1, 0.15) is 76.7 Å². The van der Waals surface area contributed by atoms with Gasteiger partial charge in [-0.1, -0.05) is 88.6 Å². The number of hydrogen-bond acceptors (Lipinski definition) is 0.